The average molecular weight is 378 g/mol. The lowest BCUT2D eigenvalue weighted by Crippen LogP contribution is -2.34. The van der Waals surface area contributed by atoms with Gasteiger partial charge in [0.1, 0.15) is 11.9 Å². The third-order valence-electron chi connectivity index (χ3n) is 4.44. The molecule has 0 spiro atoms. The van der Waals surface area contributed by atoms with Crippen LogP contribution >= 0.6 is 0 Å². The molecule has 1 aliphatic rings. The molecular weight excluding hydrogens is 359 g/mol. The molecule has 6 nitrogen and oxygen atoms in total. The quantitative estimate of drug-likeness (QED) is 0.834. The molecule has 0 saturated heterocycles. The molecule has 1 atom stereocenters. The number of rotatable bonds is 5. The van der Waals surface area contributed by atoms with Gasteiger partial charge in [0.15, 0.2) is 0 Å². The molecule has 138 valence electrons. The number of carboxylic acids is 1. The van der Waals surface area contributed by atoms with Crippen LogP contribution < -0.4 is 9.62 Å². The van der Waals surface area contributed by atoms with Gasteiger partial charge < -0.3 is 10.0 Å². The highest BCUT2D eigenvalue weighted by Crippen LogP contribution is 2.29. The van der Waals surface area contributed by atoms with E-state index in [1.165, 1.54) is 18.2 Å². The Balaban J connectivity index is 1.93. The number of carboxylic acid groups (broad SMARTS) is 1. The van der Waals surface area contributed by atoms with Crippen molar-refractivity contribution in [1.82, 2.24) is 4.72 Å². The first-order chi connectivity index (χ1) is 12.3. The molecule has 2 aromatic carbocycles. The van der Waals surface area contributed by atoms with Crippen LogP contribution in [0.1, 0.15) is 23.6 Å². The van der Waals surface area contributed by atoms with Gasteiger partial charge in [-0.05, 0) is 48.2 Å². The summed E-state index contributed by atoms with van der Waals surface area (Å²) in [5.74, 6) is -1.89. The molecule has 2 N–H and O–H groups in total. The summed E-state index contributed by atoms with van der Waals surface area (Å²) < 4.78 is 40.7. The number of hydrogen-bond donors (Lipinski definition) is 2. The monoisotopic (exact) mass is 378 g/mol. The Morgan fingerprint density at radius 1 is 1.23 bits per heavy atom. The SMILES string of the molecule is CN1CCCc2ccc(S(=O)(=O)NC(C(=O)O)c3ccc(F)cc3)cc21. The molecule has 0 saturated carbocycles. The van der Waals surface area contributed by atoms with Gasteiger partial charge in [0.2, 0.25) is 10.0 Å². The Morgan fingerprint density at radius 3 is 2.58 bits per heavy atom. The van der Waals surface area contributed by atoms with Crippen molar-refractivity contribution in [1.29, 1.82) is 0 Å². The third kappa shape index (κ3) is 3.71. The Bertz CT molecular complexity index is 929. The predicted octanol–water partition coefficient (Wildman–Crippen LogP) is 2.31. The minimum absolute atomic E-state index is 0.00152. The van der Waals surface area contributed by atoms with Gasteiger partial charge in [0, 0.05) is 19.3 Å². The van der Waals surface area contributed by atoms with Gasteiger partial charge in [0.25, 0.3) is 0 Å². The summed E-state index contributed by atoms with van der Waals surface area (Å²) >= 11 is 0. The Hall–Kier alpha value is -2.45. The highest BCUT2D eigenvalue weighted by molar-refractivity contribution is 7.89. The van der Waals surface area contributed by atoms with E-state index in [-0.39, 0.29) is 10.5 Å². The first-order valence-electron chi connectivity index (χ1n) is 8.12. The highest BCUT2D eigenvalue weighted by atomic mass is 32.2. The molecule has 1 aliphatic heterocycles. The number of nitrogens with one attached hydrogen (secondary N) is 1. The molecule has 0 aromatic heterocycles. The van der Waals surface area contributed by atoms with Crippen molar-refractivity contribution >= 4 is 21.7 Å². The maximum Gasteiger partial charge on any atom is 0.326 e. The van der Waals surface area contributed by atoms with E-state index in [9.17, 15) is 22.7 Å². The fourth-order valence-corrected chi connectivity index (χ4v) is 4.24. The zero-order valence-corrected chi connectivity index (χ0v) is 15.0. The molecule has 0 bridgehead atoms. The zero-order chi connectivity index (χ0) is 18.9. The van der Waals surface area contributed by atoms with E-state index < -0.39 is 27.9 Å². The summed E-state index contributed by atoms with van der Waals surface area (Å²) in [6, 6.07) is 7.96. The third-order valence-corrected chi connectivity index (χ3v) is 5.86. The smallest absolute Gasteiger partial charge is 0.326 e. The molecule has 2 aromatic rings. The van der Waals surface area contributed by atoms with E-state index in [1.54, 1.807) is 12.1 Å². The van der Waals surface area contributed by atoms with E-state index in [1.807, 2.05) is 11.9 Å². The van der Waals surface area contributed by atoms with Crippen LogP contribution in [0.3, 0.4) is 0 Å². The number of nitrogens with zero attached hydrogens (tertiary/aromatic N) is 1. The van der Waals surface area contributed by atoms with Crippen LogP contribution in [0.15, 0.2) is 47.4 Å². The van der Waals surface area contributed by atoms with E-state index in [2.05, 4.69) is 4.72 Å². The summed E-state index contributed by atoms with van der Waals surface area (Å²) in [5, 5.41) is 9.41. The molecule has 1 heterocycles. The number of sulfonamides is 1. The van der Waals surface area contributed by atoms with Crippen molar-refractivity contribution in [2.75, 3.05) is 18.5 Å². The molecule has 1 unspecified atom stereocenters. The van der Waals surface area contributed by atoms with Crippen molar-refractivity contribution in [2.24, 2.45) is 0 Å². The zero-order valence-electron chi connectivity index (χ0n) is 14.1. The second-order valence-corrected chi connectivity index (χ2v) is 7.97. The fraction of sp³-hybridized carbons (Fsp3) is 0.278. The lowest BCUT2D eigenvalue weighted by Gasteiger charge is -2.28. The van der Waals surface area contributed by atoms with Crippen molar-refractivity contribution in [3.05, 3.63) is 59.4 Å². The maximum absolute atomic E-state index is 13.1. The first kappa shape index (κ1) is 18.3. The normalized spacial score (nSPS) is 15.4. The van der Waals surface area contributed by atoms with E-state index >= 15 is 0 Å². The number of aryl methyl sites for hydroxylation is 1. The largest absolute Gasteiger partial charge is 0.480 e. The van der Waals surface area contributed by atoms with Crippen LogP contribution in [0.25, 0.3) is 0 Å². The molecular formula is C18H19FN2O4S. The predicted molar refractivity (Wildman–Crippen MR) is 95.1 cm³/mol. The Labute approximate surface area is 151 Å². The van der Waals surface area contributed by atoms with Crippen LogP contribution in [-0.2, 0) is 21.2 Å². The summed E-state index contributed by atoms with van der Waals surface area (Å²) in [7, 11) is -2.18. The van der Waals surface area contributed by atoms with Crippen LogP contribution in [0.4, 0.5) is 10.1 Å². The lowest BCUT2D eigenvalue weighted by molar-refractivity contribution is -0.139. The van der Waals surface area contributed by atoms with Crippen molar-refractivity contribution in [2.45, 2.75) is 23.8 Å². The minimum Gasteiger partial charge on any atom is -0.480 e. The summed E-state index contributed by atoms with van der Waals surface area (Å²) in [4.78, 5) is 13.5. The molecule has 26 heavy (non-hydrogen) atoms. The van der Waals surface area contributed by atoms with E-state index in [4.69, 9.17) is 0 Å². The molecule has 3 rings (SSSR count). The number of carbonyl (C=O) groups is 1. The molecule has 0 aliphatic carbocycles. The topological polar surface area (TPSA) is 86.7 Å². The molecule has 0 amide bonds. The van der Waals surface area contributed by atoms with Gasteiger partial charge in [-0.3, -0.25) is 4.79 Å². The number of anilines is 1. The van der Waals surface area contributed by atoms with Crippen LogP contribution in [0.2, 0.25) is 0 Å². The second kappa shape index (κ2) is 7.05. The van der Waals surface area contributed by atoms with E-state index in [0.29, 0.717) is 0 Å². The number of hydrogen-bond acceptors (Lipinski definition) is 4. The van der Waals surface area contributed by atoms with Gasteiger partial charge in [-0.15, -0.1) is 0 Å². The highest BCUT2D eigenvalue weighted by Gasteiger charge is 2.28. The van der Waals surface area contributed by atoms with Gasteiger partial charge in [-0.1, -0.05) is 18.2 Å². The number of benzene rings is 2. The Kier molecular flexibility index (Phi) is 4.97. The van der Waals surface area contributed by atoms with E-state index in [0.717, 1.165) is 42.8 Å². The number of aliphatic carboxylic acids is 1. The van der Waals surface area contributed by atoms with Gasteiger partial charge in [-0.2, -0.15) is 4.72 Å². The fourth-order valence-electron chi connectivity index (χ4n) is 3.04. The minimum atomic E-state index is -4.07. The summed E-state index contributed by atoms with van der Waals surface area (Å²) in [5.41, 5.74) is 2.04. The molecule has 0 fully saturated rings. The van der Waals surface area contributed by atoms with Crippen molar-refractivity contribution in [3.8, 4) is 0 Å². The standard InChI is InChI=1S/C18H19FN2O4S/c1-21-10-2-3-12-6-9-15(11-16(12)21)26(24,25)20-17(18(22)23)13-4-7-14(19)8-5-13/h4-9,11,17,20H,2-3,10H2,1H3,(H,22,23). The number of fused-ring (bicyclic) bond motifs is 1. The van der Waals surface area contributed by atoms with Gasteiger partial charge >= 0.3 is 5.97 Å². The molecule has 0 radical (unpaired) electrons. The van der Waals surface area contributed by atoms with Gasteiger partial charge in [0.05, 0.1) is 4.90 Å². The van der Waals surface area contributed by atoms with Crippen molar-refractivity contribution in [3.63, 3.8) is 0 Å². The Morgan fingerprint density at radius 2 is 1.92 bits per heavy atom. The average Bonchev–Trinajstić information content (AvgIpc) is 2.60. The van der Waals surface area contributed by atoms with Gasteiger partial charge in [-0.25, -0.2) is 12.8 Å². The first-order valence-corrected chi connectivity index (χ1v) is 9.61. The van der Waals surface area contributed by atoms with Crippen molar-refractivity contribution < 1.29 is 22.7 Å². The summed E-state index contributed by atoms with van der Waals surface area (Å²) in [6.45, 7) is 0.831. The van der Waals surface area contributed by atoms with Crippen LogP contribution in [0, 0.1) is 5.82 Å². The van der Waals surface area contributed by atoms with Crippen LogP contribution in [-0.4, -0.2) is 33.1 Å². The lowest BCUT2D eigenvalue weighted by atomic mass is 10.0. The second-order valence-electron chi connectivity index (χ2n) is 6.26. The number of halogens is 1. The maximum atomic E-state index is 13.1. The molecule has 8 heteroatoms. The van der Waals surface area contributed by atoms with Crippen LogP contribution in [0.5, 0.6) is 0 Å². The summed E-state index contributed by atoms with van der Waals surface area (Å²) in [6.07, 6.45) is 1.88.